The fraction of sp³-hybridized carbons (Fsp3) is 0.481. The lowest BCUT2D eigenvalue weighted by molar-refractivity contribution is -0.172. The van der Waals surface area contributed by atoms with Crippen molar-refractivity contribution in [2.45, 2.75) is 47.0 Å². The molecule has 8 heteroatoms. The smallest absolute Gasteiger partial charge is 0.324 e. The molecule has 0 bridgehead atoms. The normalized spacial score (nSPS) is 10.3. The second-order valence-corrected chi connectivity index (χ2v) is 7.26. The van der Waals surface area contributed by atoms with Crippen LogP contribution in [-0.4, -0.2) is 50.3 Å². The van der Waals surface area contributed by atoms with Crippen LogP contribution in [0.4, 0.5) is 0 Å². The summed E-state index contributed by atoms with van der Waals surface area (Å²) in [7, 11) is 0. The molecule has 0 saturated carbocycles. The topological polar surface area (TPSA) is 105 Å². The number of carbonyl (C=O) groups is 4. The maximum Gasteiger partial charge on any atom is 0.324 e. The molecule has 0 radical (unpaired) electrons. The summed E-state index contributed by atoms with van der Waals surface area (Å²) in [6, 6.07) is 9.36. The summed E-state index contributed by atoms with van der Waals surface area (Å²) in [5, 5.41) is 0. The largest absolute Gasteiger partial charge is 0.465 e. The Morgan fingerprint density at radius 1 is 0.771 bits per heavy atom. The van der Waals surface area contributed by atoms with Crippen LogP contribution in [0.25, 0.3) is 0 Å². The van der Waals surface area contributed by atoms with E-state index >= 15 is 0 Å². The first kappa shape index (κ1) is 31.6. The van der Waals surface area contributed by atoms with Crippen molar-refractivity contribution in [2.24, 2.45) is 11.3 Å². The summed E-state index contributed by atoms with van der Waals surface area (Å²) in [4.78, 5) is 47.4. The van der Waals surface area contributed by atoms with E-state index in [9.17, 15) is 19.2 Å². The van der Waals surface area contributed by atoms with Gasteiger partial charge in [0, 0.05) is 0 Å². The number of hydrogen-bond donors (Lipinski definition) is 0. The monoisotopic (exact) mass is 490 g/mol. The number of allylic oxidation sites excluding steroid dienone is 2. The van der Waals surface area contributed by atoms with E-state index in [0.717, 1.165) is 5.56 Å². The second-order valence-electron chi connectivity index (χ2n) is 7.26. The van der Waals surface area contributed by atoms with Gasteiger partial charge in [0.2, 0.25) is 0 Å². The van der Waals surface area contributed by atoms with Crippen LogP contribution in [0.3, 0.4) is 0 Å². The van der Waals surface area contributed by atoms with Crippen LogP contribution in [0.15, 0.2) is 55.6 Å². The number of esters is 4. The van der Waals surface area contributed by atoms with Gasteiger partial charge in [-0.15, -0.1) is 13.2 Å². The van der Waals surface area contributed by atoms with Gasteiger partial charge in [-0.05, 0) is 52.5 Å². The molecule has 0 aliphatic heterocycles. The first-order valence-corrected chi connectivity index (χ1v) is 11.7. The van der Waals surface area contributed by atoms with Crippen LogP contribution in [0.5, 0.6) is 0 Å². The van der Waals surface area contributed by atoms with Crippen molar-refractivity contribution in [3.8, 4) is 0 Å². The van der Waals surface area contributed by atoms with Crippen LogP contribution in [0.1, 0.15) is 46.1 Å². The van der Waals surface area contributed by atoms with E-state index < -0.39 is 35.2 Å². The average Bonchev–Trinajstić information content (AvgIpc) is 2.83. The lowest BCUT2D eigenvalue weighted by Crippen LogP contribution is -2.43. The van der Waals surface area contributed by atoms with Gasteiger partial charge in [0.25, 0.3) is 0 Å². The number of benzene rings is 1. The van der Waals surface area contributed by atoms with Crippen LogP contribution < -0.4 is 0 Å². The summed E-state index contributed by atoms with van der Waals surface area (Å²) in [6.07, 6.45) is 3.71. The molecule has 1 rings (SSSR count). The van der Waals surface area contributed by atoms with Gasteiger partial charge in [0.1, 0.15) is 0 Å². The Kier molecular flexibility index (Phi) is 16.2. The fourth-order valence-electron chi connectivity index (χ4n) is 3.14. The molecule has 0 amide bonds. The fourth-order valence-corrected chi connectivity index (χ4v) is 3.14. The highest BCUT2D eigenvalue weighted by Gasteiger charge is 2.47. The van der Waals surface area contributed by atoms with E-state index in [2.05, 4.69) is 13.2 Å². The van der Waals surface area contributed by atoms with Gasteiger partial charge in [-0.3, -0.25) is 19.2 Å². The van der Waals surface area contributed by atoms with Gasteiger partial charge >= 0.3 is 23.9 Å². The first-order valence-electron chi connectivity index (χ1n) is 11.7. The average molecular weight is 491 g/mol. The molecule has 0 N–H and O–H groups in total. The molecule has 0 fully saturated rings. The Morgan fingerprint density at radius 3 is 1.60 bits per heavy atom. The molecule has 0 atom stereocenters. The molecule has 0 saturated heterocycles. The summed E-state index contributed by atoms with van der Waals surface area (Å²) in [5.41, 5.74) is -0.491. The third-order valence-corrected chi connectivity index (χ3v) is 4.72. The molecule has 1 aromatic rings. The van der Waals surface area contributed by atoms with Gasteiger partial charge in [0.15, 0.2) is 11.3 Å². The van der Waals surface area contributed by atoms with Gasteiger partial charge < -0.3 is 18.9 Å². The summed E-state index contributed by atoms with van der Waals surface area (Å²) >= 11 is 0. The zero-order valence-electron chi connectivity index (χ0n) is 21.2. The Morgan fingerprint density at radius 2 is 1.23 bits per heavy atom. The van der Waals surface area contributed by atoms with E-state index in [0.29, 0.717) is 0 Å². The zero-order chi connectivity index (χ0) is 26.7. The number of rotatable bonds is 14. The molecule has 0 aromatic heterocycles. The van der Waals surface area contributed by atoms with Crippen molar-refractivity contribution >= 4 is 23.9 Å². The molecule has 0 aliphatic carbocycles. The lowest BCUT2D eigenvalue weighted by atomic mass is 9.78. The minimum Gasteiger partial charge on any atom is -0.465 e. The Bertz CT molecular complexity index is 780. The maximum atomic E-state index is 12.4. The third kappa shape index (κ3) is 10.6. The predicted octanol–water partition coefficient (Wildman–Crippen LogP) is 4.22. The number of carbonyl (C=O) groups excluding carboxylic acids is 4. The molecule has 0 unspecified atom stereocenters. The van der Waals surface area contributed by atoms with Gasteiger partial charge in [-0.1, -0.05) is 42.5 Å². The number of ether oxygens (including phenoxy) is 4. The molecular formula is C27H38O8. The van der Waals surface area contributed by atoms with Gasteiger partial charge in [-0.25, -0.2) is 0 Å². The van der Waals surface area contributed by atoms with Crippen molar-refractivity contribution < 1.29 is 38.1 Å². The first-order chi connectivity index (χ1) is 16.8. The predicted molar refractivity (Wildman–Crippen MR) is 132 cm³/mol. The Labute approximate surface area is 208 Å². The van der Waals surface area contributed by atoms with Crippen molar-refractivity contribution in [1.82, 2.24) is 0 Å². The van der Waals surface area contributed by atoms with Crippen LogP contribution in [-0.2, 0) is 44.5 Å². The van der Waals surface area contributed by atoms with E-state index in [-0.39, 0.29) is 45.7 Å². The zero-order valence-corrected chi connectivity index (χ0v) is 21.2. The summed E-state index contributed by atoms with van der Waals surface area (Å²) < 4.78 is 19.7. The minimum atomic E-state index is -1.37. The van der Waals surface area contributed by atoms with E-state index in [1.54, 1.807) is 33.8 Å². The molecule has 35 heavy (non-hydrogen) atoms. The third-order valence-electron chi connectivity index (χ3n) is 4.72. The summed E-state index contributed by atoms with van der Waals surface area (Å²) in [5.74, 6) is -3.09. The number of hydrogen-bond acceptors (Lipinski definition) is 8. The highest BCUT2D eigenvalue weighted by molar-refractivity contribution is 6.00. The second kappa shape index (κ2) is 18.0. The van der Waals surface area contributed by atoms with Crippen molar-refractivity contribution in [3.63, 3.8) is 0 Å². The SMILES string of the molecule is C=CCC(C(=O)OCC)C(=O)OCC.C=CCC(Cc1ccccc1)(C(=O)OCC)C(=O)OCC. The Balaban J connectivity index is 0.000000720. The van der Waals surface area contributed by atoms with Crippen molar-refractivity contribution in [2.75, 3.05) is 26.4 Å². The van der Waals surface area contributed by atoms with Gasteiger partial charge in [0.05, 0.1) is 26.4 Å². The summed E-state index contributed by atoms with van der Waals surface area (Å²) in [6.45, 7) is 14.9. The van der Waals surface area contributed by atoms with E-state index in [1.807, 2.05) is 30.3 Å². The lowest BCUT2D eigenvalue weighted by Gasteiger charge is -2.28. The van der Waals surface area contributed by atoms with E-state index in [1.165, 1.54) is 6.08 Å². The highest BCUT2D eigenvalue weighted by Crippen LogP contribution is 2.31. The Hall–Kier alpha value is -3.42. The standard InChI is InChI=1S/C17H22O4.C10H16O4/c1-4-12-17(15(18)20-5-2,16(19)21-6-3)13-14-10-8-7-9-11-14;1-4-7-8(9(11)13-5-2)10(12)14-6-3/h4,7-11H,1,5-6,12-13H2,2-3H3;4,8H,1,5-7H2,2-3H3. The molecule has 0 heterocycles. The van der Waals surface area contributed by atoms with Crippen molar-refractivity contribution in [1.29, 1.82) is 0 Å². The molecule has 1 aromatic carbocycles. The molecular weight excluding hydrogens is 452 g/mol. The molecule has 8 nitrogen and oxygen atoms in total. The molecule has 0 aliphatic rings. The van der Waals surface area contributed by atoms with Crippen LogP contribution in [0.2, 0.25) is 0 Å². The molecule has 194 valence electrons. The molecule has 0 spiro atoms. The minimum absolute atomic E-state index is 0.180. The quantitative estimate of drug-likeness (QED) is 0.165. The van der Waals surface area contributed by atoms with Crippen LogP contribution in [0, 0.1) is 11.3 Å². The van der Waals surface area contributed by atoms with Gasteiger partial charge in [-0.2, -0.15) is 0 Å². The van der Waals surface area contributed by atoms with Crippen molar-refractivity contribution in [3.05, 3.63) is 61.2 Å². The van der Waals surface area contributed by atoms with Crippen LogP contribution >= 0.6 is 0 Å². The maximum absolute atomic E-state index is 12.4. The van der Waals surface area contributed by atoms with E-state index in [4.69, 9.17) is 18.9 Å². The highest BCUT2D eigenvalue weighted by atomic mass is 16.6.